The molecule has 1 unspecified atom stereocenters. The SMILES string of the molecule is [2H]c1c([2H])c([2H])c(-c2ccc3c(c2)c2ccc(Oc4cccc(-n5[c](=[Pt])n(-c6c(-c7c([2H])c([2H])c([2H])c([2H])c7[2H])cc7c(c6-c6c([2H])c([2H])c([2H])c([2H])c6[2H])CC(C(C)(C)C)C7)c6ccccc65)c4)cc2n3-c2cc(C(C)(C)C)ccn2)c([2H])c1[2H]. The second-order valence-corrected chi connectivity index (χ2v) is 21.2. The molecule has 1 aliphatic carbocycles. The van der Waals surface area contributed by atoms with Crippen molar-refractivity contribution in [3.63, 3.8) is 0 Å². The molecule has 0 saturated heterocycles. The van der Waals surface area contributed by atoms with E-state index in [1.54, 1.807) is 12.3 Å². The fourth-order valence-corrected chi connectivity index (χ4v) is 11.2. The molecule has 6 heteroatoms. The van der Waals surface area contributed by atoms with Gasteiger partial charge in [-0.2, -0.15) is 0 Å². The Balaban J connectivity index is 1.07. The van der Waals surface area contributed by atoms with Crippen LogP contribution in [0.3, 0.4) is 0 Å². The van der Waals surface area contributed by atoms with Gasteiger partial charge in [-0.1, -0.05) is 57.0 Å². The third kappa shape index (κ3) is 8.01. The van der Waals surface area contributed by atoms with Gasteiger partial charge in [0.05, 0.1) is 6.85 Å². The van der Waals surface area contributed by atoms with Crippen LogP contribution >= 0.6 is 0 Å². The predicted molar refractivity (Wildman–Crippen MR) is 290 cm³/mol. The molecule has 0 N–H and O–H groups in total. The summed E-state index contributed by atoms with van der Waals surface area (Å²) in [6.45, 7) is 12.8. The molecule has 0 saturated carbocycles. The molecule has 0 spiro atoms. The van der Waals surface area contributed by atoms with Crippen LogP contribution in [0.5, 0.6) is 11.5 Å². The summed E-state index contributed by atoms with van der Waals surface area (Å²) in [4.78, 5) is 4.87. The standard InChI is InChI=1S/C65H56N4O.Pt/c1-64(2,3)48-33-34-66-61(39-48)69-57-32-29-46(43-19-10-7-11-20-43)36-56(57)53-31-30-52(41-60(53)69)70-51-26-18-25-50(40-51)67-42-68(59-28-17-16-27-58(59)67)63-55(44-21-12-8-13-22-44)37-47-35-49(65(4,5)6)38-54(47)62(63)45-23-14-9-15-24-45;/h7-34,36-37,39-41,49H,35,38H2,1-6H3;/i7D,8D,9D,10D,11D,12D,13D,14D,15D,19D,20D,21D,22D,23D,24D;. The van der Waals surface area contributed by atoms with Crippen LogP contribution in [0.25, 0.3) is 83.4 Å². The molecular formula is C65H56N4OPt. The number of nitrogens with zero attached hydrogens (tertiary/aromatic N) is 4. The molecule has 11 aromatic rings. The van der Waals surface area contributed by atoms with E-state index in [1.807, 2.05) is 111 Å². The number of fused-ring (bicyclic) bond motifs is 5. The summed E-state index contributed by atoms with van der Waals surface area (Å²) < 4.78 is 147. The molecule has 0 bridgehead atoms. The minimum Gasteiger partial charge on any atom is -0.0617 e. The number of imidazole rings is 1. The second-order valence-electron chi connectivity index (χ2n) is 20.2. The van der Waals surface area contributed by atoms with E-state index < -0.39 is 78.6 Å². The van der Waals surface area contributed by atoms with E-state index in [4.69, 9.17) is 24.8 Å². The van der Waals surface area contributed by atoms with Crippen LogP contribution in [0, 0.1) is 15.1 Å². The summed E-state index contributed by atoms with van der Waals surface area (Å²) in [5, 5.41) is 1.55. The van der Waals surface area contributed by atoms with Crippen LogP contribution in [0.4, 0.5) is 0 Å². The molecule has 71 heavy (non-hydrogen) atoms. The smallest absolute Gasteiger partial charge is 0.0617 e. The van der Waals surface area contributed by atoms with Crippen LogP contribution in [-0.4, -0.2) is 18.7 Å². The van der Waals surface area contributed by atoms with Gasteiger partial charge in [-0.05, 0) is 28.2 Å². The van der Waals surface area contributed by atoms with Crippen LogP contribution in [-0.2, 0) is 37.6 Å². The van der Waals surface area contributed by atoms with Crippen molar-refractivity contribution in [3.05, 3.63) is 220 Å². The van der Waals surface area contributed by atoms with Crippen molar-refractivity contribution in [2.45, 2.75) is 59.8 Å². The van der Waals surface area contributed by atoms with Gasteiger partial charge in [0.2, 0.25) is 0 Å². The second kappa shape index (κ2) is 17.5. The summed E-state index contributed by atoms with van der Waals surface area (Å²) in [7, 11) is 0. The third-order valence-electron chi connectivity index (χ3n) is 13.8. The number of aromatic nitrogens is 4. The van der Waals surface area contributed by atoms with Gasteiger partial charge < -0.3 is 0 Å². The molecule has 3 heterocycles. The molecule has 1 aliphatic rings. The Hall–Kier alpha value is -7.33. The maximum absolute atomic E-state index is 9.53. The summed E-state index contributed by atoms with van der Waals surface area (Å²) in [6.07, 6.45) is 2.77. The number of benzene rings is 8. The molecule has 3 aromatic heterocycles. The summed E-state index contributed by atoms with van der Waals surface area (Å²) in [5.74, 6) is 1.58. The van der Waals surface area contributed by atoms with Gasteiger partial charge in [-0.25, -0.2) is 0 Å². The first-order valence-corrected chi connectivity index (χ1v) is 24.7. The minimum absolute atomic E-state index is 0.0240. The first-order chi connectivity index (χ1) is 40.6. The first-order valence-electron chi connectivity index (χ1n) is 31.0. The Kier molecular flexibility index (Phi) is 7.67. The van der Waals surface area contributed by atoms with Crippen molar-refractivity contribution >= 4 is 32.8 Å². The van der Waals surface area contributed by atoms with E-state index in [0.717, 1.165) is 38.5 Å². The molecule has 0 amide bonds. The van der Waals surface area contributed by atoms with Crippen molar-refractivity contribution in [1.29, 1.82) is 0 Å². The molecule has 352 valence electrons. The van der Waals surface area contributed by atoms with Crippen molar-refractivity contribution in [2.75, 3.05) is 0 Å². The zero-order chi connectivity index (χ0) is 61.7. The maximum atomic E-state index is 9.53. The zero-order valence-corrected chi connectivity index (χ0v) is 42.2. The predicted octanol–water partition coefficient (Wildman–Crippen LogP) is 16.8. The molecular weight excluding hydrogens is 1050 g/mol. The van der Waals surface area contributed by atoms with Crippen molar-refractivity contribution in [3.8, 4) is 62.1 Å². The minimum atomic E-state index is -0.569. The topological polar surface area (TPSA) is 36.9 Å². The zero-order valence-electron chi connectivity index (χ0n) is 54.9. The van der Waals surface area contributed by atoms with Gasteiger partial charge in [-0.15, -0.1) is 0 Å². The van der Waals surface area contributed by atoms with Crippen LogP contribution in [0.1, 0.15) is 78.8 Å². The van der Waals surface area contributed by atoms with Gasteiger partial charge in [-0.3, -0.25) is 0 Å². The van der Waals surface area contributed by atoms with Gasteiger partial charge in [0, 0.05) is 6.20 Å². The number of hydrogen-bond donors (Lipinski definition) is 0. The molecule has 0 fully saturated rings. The number of para-hydroxylation sites is 2. The van der Waals surface area contributed by atoms with Gasteiger partial charge >= 0.3 is 352 Å². The number of ether oxygens (including phenoxy) is 1. The quantitative estimate of drug-likeness (QED) is 0.152. The Bertz CT molecular complexity index is 4730. The van der Waals surface area contributed by atoms with Crippen LogP contribution in [0.15, 0.2) is 200 Å². The van der Waals surface area contributed by atoms with E-state index in [9.17, 15) is 5.48 Å². The Morgan fingerprint density at radius 1 is 0.563 bits per heavy atom. The fraction of sp³-hybridized carbons (Fsp3) is 0.169. The van der Waals surface area contributed by atoms with Gasteiger partial charge in [0.1, 0.15) is 0 Å². The van der Waals surface area contributed by atoms with Gasteiger partial charge in [0.15, 0.2) is 0 Å². The average Bonchev–Trinajstić information content (AvgIpc) is 1.64. The number of rotatable bonds is 8. The molecule has 12 rings (SSSR count). The molecule has 0 radical (unpaired) electrons. The van der Waals surface area contributed by atoms with E-state index >= 15 is 0 Å². The number of hydrogen-bond acceptors (Lipinski definition) is 2. The van der Waals surface area contributed by atoms with Crippen LogP contribution < -0.4 is 4.74 Å². The van der Waals surface area contributed by atoms with Crippen molar-refractivity contribution < 1.29 is 44.7 Å². The van der Waals surface area contributed by atoms with E-state index in [0.29, 0.717) is 61.8 Å². The first kappa shape index (κ1) is 31.1. The Labute approximate surface area is 448 Å². The third-order valence-corrected chi connectivity index (χ3v) is 14.8. The Morgan fingerprint density at radius 3 is 1.94 bits per heavy atom. The Morgan fingerprint density at radius 2 is 1.24 bits per heavy atom. The van der Waals surface area contributed by atoms with E-state index in [1.165, 1.54) is 0 Å². The average molecular weight is 1120 g/mol. The molecule has 5 nitrogen and oxygen atoms in total. The van der Waals surface area contributed by atoms with Crippen molar-refractivity contribution in [2.24, 2.45) is 11.3 Å². The van der Waals surface area contributed by atoms with Gasteiger partial charge in [0.25, 0.3) is 0 Å². The van der Waals surface area contributed by atoms with Crippen LogP contribution in [0.2, 0.25) is 0 Å². The normalized spacial score (nSPS) is 16.8. The van der Waals surface area contributed by atoms with E-state index in [-0.39, 0.29) is 56.8 Å². The summed E-state index contributed by atoms with van der Waals surface area (Å²) in [6, 6.07) is 25.1. The monoisotopic (exact) mass is 1120 g/mol. The molecule has 0 aliphatic heterocycles. The number of pyridine rings is 1. The fourth-order valence-electron chi connectivity index (χ4n) is 10.1. The summed E-state index contributed by atoms with van der Waals surface area (Å²) >= 11 is 2.20. The van der Waals surface area contributed by atoms with Crippen molar-refractivity contribution in [1.82, 2.24) is 18.7 Å². The summed E-state index contributed by atoms with van der Waals surface area (Å²) in [5.41, 5.74) is 6.75. The molecule has 8 aromatic carbocycles. The van der Waals surface area contributed by atoms with E-state index in [2.05, 4.69) is 60.9 Å². The molecule has 1 atom stereocenters.